The van der Waals surface area contributed by atoms with Crippen molar-refractivity contribution >= 4 is 0 Å². The first-order valence-corrected chi connectivity index (χ1v) is 9.13. The topological polar surface area (TPSA) is 32.3 Å². The Morgan fingerprint density at radius 1 is 0.750 bits per heavy atom. The second-order valence-corrected chi connectivity index (χ2v) is 9.13. The van der Waals surface area contributed by atoms with Crippen molar-refractivity contribution in [2.24, 2.45) is 23.2 Å². The fourth-order valence-corrected chi connectivity index (χ4v) is 7.44. The molecule has 6 fully saturated rings. The molecule has 2 N–H and O–H groups in total. The molecule has 0 aromatic carbocycles. The standard InChI is InChI=1S/C18H29NO/c20-18(10-15-2-1-3-16(11-18)19-15)17-7-12-4-13(8-17)6-14(5-12)9-17/h12-16,19-20H,1-11H2. The van der Waals surface area contributed by atoms with E-state index in [1.807, 2.05) is 0 Å². The molecule has 4 aliphatic carbocycles. The van der Waals surface area contributed by atoms with Gasteiger partial charge in [-0.3, -0.25) is 0 Å². The summed E-state index contributed by atoms with van der Waals surface area (Å²) in [4.78, 5) is 0. The molecule has 2 nitrogen and oxygen atoms in total. The van der Waals surface area contributed by atoms with Crippen LogP contribution in [0.3, 0.4) is 0 Å². The maximum Gasteiger partial charge on any atom is 0.0733 e. The smallest absolute Gasteiger partial charge is 0.0733 e. The van der Waals surface area contributed by atoms with Crippen molar-refractivity contribution in [3.63, 3.8) is 0 Å². The molecule has 2 heterocycles. The first kappa shape index (κ1) is 12.5. The maximum absolute atomic E-state index is 11.7. The third-order valence-electron chi connectivity index (χ3n) is 7.77. The molecule has 0 aromatic rings. The van der Waals surface area contributed by atoms with Crippen molar-refractivity contribution in [1.29, 1.82) is 0 Å². The minimum atomic E-state index is -0.329. The third-order valence-corrected chi connectivity index (χ3v) is 7.77. The van der Waals surface area contributed by atoms with Crippen LogP contribution in [0.1, 0.15) is 70.6 Å². The van der Waals surface area contributed by atoms with Gasteiger partial charge in [0.2, 0.25) is 0 Å². The lowest BCUT2D eigenvalue weighted by molar-refractivity contribution is -0.201. The summed E-state index contributed by atoms with van der Waals surface area (Å²) in [5.74, 6) is 2.88. The van der Waals surface area contributed by atoms with E-state index >= 15 is 0 Å². The van der Waals surface area contributed by atoms with Gasteiger partial charge in [-0.15, -0.1) is 0 Å². The number of piperidine rings is 2. The Kier molecular flexibility index (Phi) is 2.50. The van der Waals surface area contributed by atoms with Crippen molar-refractivity contribution < 1.29 is 5.11 Å². The average Bonchev–Trinajstić information content (AvgIpc) is 2.36. The summed E-state index contributed by atoms with van der Waals surface area (Å²) in [5, 5.41) is 15.5. The highest BCUT2D eigenvalue weighted by atomic mass is 16.3. The molecule has 2 aliphatic heterocycles. The summed E-state index contributed by atoms with van der Waals surface area (Å²) in [6.45, 7) is 0. The van der Waals surface area contributed by atoms with Crippen LogP contribution >= 0.6 is 0 Å². The highest BCUT2D eigenvalue weighted by Gasteiger charge is 2.61. The Labute approximate surface area is 122 Å². The maximum atomic E-state index is 11.7. The molecule has 0 radical (unpaired) electrons. The van der Waals surface area contributed by atoms with Crippen molar-refractivity contribution in [3.8, 4) is 0 Å². The zero-order valence-electron chi connectivity index (χ0n) is 12.6. The minimum absolute atomic E-state index is 0.317. The molecule has 2 atom stereocenters. The molecule has 6 bridgehead atoms. The highest BCUT2D eigenvalue weighted by Crippen LogP contribution is 2.65. The predicted octanol–water partition coefficient (Wildman–Crippen LogP) is 3.24. The summed E-state index contributed by atoms with van der Waals surface area (Å²) in [6, 6.07) is 1.22. The van der Waals surface area contributed by atoms with Gasteiger partial charge in [0.05, 0.1) is 5.60 Å². The first-order valence-electron chi connectivity index (χ1n) is 9.13. The van der Waals surface area contributed by atoms with E-state index in [2.05, 4.69) is 5.32 Å². The monoisotopic (exact) mass is 275 g/mol. The van der Waals surface area contributed by atoms with Crippen LogP contribution in [0.2, 0.25) is 0 Å². The number of aliphatic hydroxyl groups is 1. The van der Waals surface area contributed by atoms with E-state index < -0.39 is 0 Å². The molecule has 0 amide bonds. The number of hydrogen-bond donors (Lipinski definition) is 2. The highest BCUT2D eigenvalue weighted by molar-refractivity contribution is 5.13. The van der Waals surface area contributed by atoms with Crippen LogP contribution in [0.25, 0.3) is 0 Å². The fourth-order valence-electron chi connectivity index (χ4n) is 7.44. The van der Waals surface area contributed by atoms with E-state index in [0.717, 1.165) is 30.6 Å². The van der Waals surface area contributed by atoms with Gasteiger partial charge in [-0.05, 0) is 82.0 Å². The molecule has 4 saturated carbocycles. The summed E-state index contributed by atoms with van der Waals surface area (Å²) in [7, 11) is 0. The second kappa shape index (κ2) is 4.01. The largest absolute Gasteiger partial charge is 0.389 e. The van der Waals surface area contributed by atoms with E-state index in [-0.39, 0.29) is 5.60 Å². The molecule has 112 valence electrons. The van der Waals surface area contributed by atoms with Crippen LogP contribution in [-0.2, 0) is 0 Å². The molecule has 0 spiro atoms. The van der Waals surface area contributed by atoms with Crippen LogP contribution in [0, 0.1) is 23.2 Å². The number of hydrogen-bond acceptors (Lipinski definition) is 2. The number of fused-ring (bicyclic) bond motifs is 2. The average molecular weight is 275 g/mol. The third kappa shape index (κ3) is 1.64. The fraction of sp³-hybridized carbons (Fsp3) is 1.00. The van der Waals surface area contributed by atoms with Gasteiger partial charge in [-0.1, -0.05) is 6.42 Å². The number of rotatable bonds is 1. The van der Waals surface area contributed by atoms with Gasteiger partial charge in [-0.25, -0.2) is 0 Å². The summed E-state index contributed by atoms with van der Waals surface area (Å²) >= 11 is 0. The molecule has 20 heavy (non-hydrogen) atoms. The second-order valence-electron chi connectivity index (χ2n) is 9.13. The molecular formula is C18H29NO. The van der Waals surface area contributed by atoms with Crippen molar-refractivity contribution in [1.82, 2.24) is 5.32 Å². The predicted molar refractivity (Wildman–Crippen MR) is 79.4 cm³/mol. The lowest BCUT2D eigenvalue weighted by Crippen LogP contribution is -2.65. The van der Waals surface area contributed by atoms with E-state index in [4.69, 9.17) is 0 Å². The molecular weight excluding hydrogens is 246 g/mol. The van der Waals surface area contributed by atoms with Crippen LogP contribution in [-0.4, -0.2) is 22.8 Å². The Morgan fingerprint density at radius 2 is 1.25 bits per heavy atom. The van der Waals surface area contributed by atoms with Crippen molar-refractivity contribution in [2.45, 2.75) is 88.3 Å². The summed E-state index contributed by atoms with van der Waals surface area (Å²) in [5.41, 5.74) is -0.0122. The van der Waals surface area contributed by atoms with Crippen LogP contribution < -0.4 is 5.32 Å². The Bertz CT molecular complexity index is 370. The van der Waals surface area contributed by atoms with Gasteiger partial charge in [0, 0.05) is 17.5 Å². The van der Waals surface area contributed by atoms with E-state index in [9.17, 15) is 5.11 Å². The normalized spacial score (nSPS) is 60.8. The Balaban J connectivity index is 1.49. The van der Waals surface area contributed by atoms with Crippen molar-refractivity contribution in [2.75, 3.05) is 0 Å². The van der Waals surface area contributed by atoms with E-state index in [1.54, 1.807) is 0 Å². The molecule has 0 aromatic heterocycles. The van der Waals surface area contributed by atoms with Gasteiger partial charge in [-0.2, -0.15) is 0 Å². The van der Waals surface area contributed by atoms with Gasteiger partial charge >= 0.3 is 0 Å². The quantitative estimate of drug-likeness (QED) is 0.770. The zero-order chi connectivity index (χ0) is 13.4. The zero-order valence-corrected chi connectivity index (χ0v) is 12.6. The van der Waals surface area contributed by atoms with Gasteiger partial charge < -0.3 is 10.4 Å². The molecule has 2 saturated heterocycles. The molecule has 2 heteroatoms. The molecule has 2 unspecified atom stereocenters. The molecule has 6 aliphatic rings. The van der Waals surface area contributed by atoms with Crippen LogP contribution in [0.5, 0.6) is 0 Å². The van der Waals surface area contributed by atoms with Crippen LogP contribution in [0.15, 0.2) is 0 Å². The van der Waals surface area contributed by atoms with Gasteiger partial charge in [0.15, 0.2) is 0 Å². The Hall–Kier alpha value is -0.0800. The van der Waals surface area contributed by atoms with E-state index in [1.165, 1.54) is 57.8 Å². The Morgan fingerprint density at radius 3 is 1.75 bits per heavy atom. The lowest BCUT2D eigenvalue weighted by atomic mass is 9.43. The summed E-state index contributed by atoms with van der Waals surface area (Å²) in [6.07, 6.45) is 14.6. The lowest BCUT2D eigenvalue weighted by Gasteiger charge is -2.64. The minimum Gasteiger partial charge on any atom is -0.389 e. The number of nitrogens with one attached hydrogen (secondary N) is 1. The SMILES string of the molecule is OC1(C23CC4CC(CC(C4)C2)C3)CC2CCCC(C1)N2. The van der Waals surface area contributed by atoms with Gasteiger partial charge in [0.1, 0.15) is 0 Å². The van der Waals surface area contributed by atoms with Crippen molar-refractivity contribution in [3.05, 3.63) is 0 Å². The summed E-state index contributed by atoms with van der Waals surface area (Å²) < 4.78 is 0. The first-order chi connectivity index (χ1) is 9.64. The van der Waals surface area contributed by atoms with Gasteiger partial charge in [0.25, 0.3) is 0 Å². The molecule has 6 rings (SSSR count). The van der Waals surface area contributed by atoms with Crippen LogP contribution in [0.4, 0.5) is 0 Å². The van der Waals surface area contributed by atoms with E-state index in [0.29, 0.717) is 17.5 Å².